The maximum Gasteiger partial charge on any atom is 0.337 e. The number of benzene rings is 1. The molecular weight excluding hydrogens is 462 g/mol. The topological polar surface area (TPSA) is 105 Å². The Hall–Kier alpha value is -4.62. The Morgan fingerprint density at radius 3 is 2.46 bits per heavy atom. The molecule has 4 aliphatic heterocycles. The van der Waals surface area contributed by atoms with Crippen LogP contribution in [0.5, 0.6) is 0 Å². The number of allylic oxidation sites excluding steroid dienone is 3. The number of H-pyrrole nitrogens is 2. The van der Waals surface area contributed by atoms with Gasteiger partial charge >= 0.3 is 5.97 Å². The van der Waals surface area contributed by atoms with E-state index in [1.54, 1.807) is 18.2 Å². The average molecular weight is 490 g/mol. The van der Waals surface area contributed by atoms with Gasteiger partial charge in [0.05, 0.1) is 11.4 Å². The number of hydrogen-bond acceptors (Lipinski definition) is 4. The van der Waals surface area contributed by atoms with Crippen molar-refractivity contribution < 1.29 is 9.90 Å². The first-order valence-electron chi connectivity index (χ1n) is 12.3. The van der Waals surface area contributed by atoms with Crippen molar-refractivity contribution in [3.05, 3.63) is 124 Å². The predicted molar refractivity (Wildman–Crippen MR) is 146 cm³/mol. The average Bonchev–Trinajstić information content (AvgIpc) is 3.70. The molecule has 7 nitrogen and oxygen atoms in total. The molecule has 1 atom stereocenters. The molecule has 0 amide bonds. The number of rotatable bonds is 1. The minimum Gasteiger partial charge on any atom is -0.479 e. The molecule has 1 unspecified atom stereocenters. The lowest BCUT2D eigenvalue weighted by Crippen LogP contribution is -2.45. The second-order valence-electron chi connectivity index (χ2n) is 9.39. The number of carboxylic acid groups (broad SMARTS) is 1. The fraction of sp³-hybridized carbons (Fsp3) is 0.133. The van der Waals surface area contributed by atoms with Crippen molar-refractivity contribution in [2.75, 3.05) is 6.54 Å². The van der Waals surface area contributed by atoms with Crippen molar-refractivity contribution in [2.45, 2.75) is 18.5 Å². The van der Waals surface area contributed by atoms with Gasteiger partial charge in [-0.1, -0.05) is 24.3 Å². The van der Waals surface area contributed by atoms with E-state index in [4.69, 9.17) is 0 Å². The minimum atomic E-state index is -1.32. The maximum atomic E-state index is 12.0. The van der Waals surface area contributed by atoms with Gasteiger partial charge in [-0.05, 0) is 97.0 Å². The SMILES string of the molecule is O=C(O)C12C=C/C(=C/c3ccc([nH]3)/C=c3/cc/c([nH]3)=C/C3=NC(=C\1)/C=C3)N2.c1ccc2c(c1)CCNC2. The van der Waals surface area contributed by atoms with Gasteiger partial charge in [0.2, 0.25) is 0 Å². The molecule has 2 aromatic heterocycles. The molecule has 0 saturated carbocycles. The Bertz CT molecular complexity index is 1620. The summed E-state index contributed by atoms with van der Waals surface area (Å²) in [5.74, 6) is -0.980. The van der Waals surface area contributed by atoms with Crippen molar-refractivity contribution in [1.29, 1.82) is 0 Å². The number of hydrogen-bond donors (Lipinski definition) is 5. The Balaban J connectivity index is 0.000000210. The molecule has 6 heterocycles. The molecule has 7 heteroatoms. The molecule has 0 radical (unpaired) electrons. The summed E-state index contributed by atoms with van der Waals surface area (Å²) in [5, 5.41) is 18.2. The summed E-state index contributed by atoms with van der Waals surface area (Å²) in [4.78, 5) is 23.1. The number of carbonyl (C=O) groups is 1. The molecule has 4 aliphatic rings. The number of aromatic nitrogens is 2. The monoisotopic (exact) mass is 489 g/mol. The second-order valence-corrected chi connectivity index (χ2v) is 9.39. The van der Waals surface area contributed by atoms with Gasteiger partial charge in [0.25, 0.3) is 0 Å². The van der Waals surface area contributed by atoms with Gasteiger partial charge in [-0.25, -0.2) is 9.79 Å². The van der Waals surface area contributed by atoms with Crippen LogP contribution in [0.3, 0.4) is 0 Å². The van der Waals surface area contributed by atoms with Crippen LogP contribution in [-0.2, 0) is 17.8 Å². The molecule has 0 saturated heterocycles. The zero-order valence-corrected chi connectivity index (χ0v) is 20.2. The van der Waals surface area contributed by atoms with Crippen molar-refractivity contribution in [3.8, 4) is 0 Å². The van der Waals surface area contributed by atoms with Gasteiger partial charge in [-0.15, -0.1) is 0 Å². The van der Waals surface area contributed by atoms with Gasteiger partial charge in [-0.2, -0.15) is 0 Å². The van der Waals surface area contributed by atoms with Gasteiger partial charge in [-0.3, -0.25) is 0 Å². The number of nitrogens with zero attached hydrogens (tertiary/aromatic N) is 1. The summed E-state index contributed by atoms with van der Waals surface area (Å²) >= 11 is 0. The standard InChI is InChI=1S/C21H16N4O2.C9H11N/c26-20(27)21-8-7-18(25-21)11-17-4-3-14(23-17)9-13-1-2-15(22-13)10-16-5-6-19(12-21)24-16;1-2-4-9-7-10-6-5-8(9)3-1/h1-12,22-23,25H,(H,26,27);1-4,10H,5-7H2/b13-9-,15-10-,18-11-,19-12-;. The third-order valence-electron chi connectivity index (χ3n) is 6.68. The van der Waals surface area contributed by atoms with Crippen LogP contribution >= 0.6 is 0 Å². The molecule has 8 bridgehead atoms. The second kappa shape index (κ2) is 9.44. The molecule has 3 aromatic rings. The number of aliphatic carboxylic acids is 1. The highest BCUT2D eigenvalue weighted by Gasteiger charge is 2.38. The molecule has 184 valence electrons. The molecule has 7 rings (SSSR count). The lowest BCUT2D eigenvalue weighted by Gasteiger charge is -2.20. The molecule has 0 spiro atoms. The highest BCUT2D eigenvalue weighted by atomic mass is 16.4. The highest BCUT2D eigenvalue weighted by Crippen LogP contribution is 2.25. The zero-order valence-electron chi connectivity index (χ0n) is 20.2. The van der Waals surface area contributed by atoms with E-state index in [1.807, 2.05) is 54.6 Å². The Morgan fingerprint density at radius 1 is 0.865 bits per heavy atom. The smallest absolute Gasteiger partial charge is 0.337 e. The normalized spacial score (nSPS) is 25.4. The third-order valence-corrected chi connectivity index (χ3v) is 6.68. The van der Waals surface area contributed by atoms with E-state index in [0.29, 0.717) is 5.70 Å². The van der Waals surface area contributed by atoms with Crippen LogP contribution in [0.2, 0.25) is 0 Å². The quantitative estimate of drug-likeness (QED) is 0.362. The van der Waals surface area contributed by atoms with E-state index in [2.05, 4.69) is 49.9 Å². The number of carboxylic acids is 1. The number of fused-ring (bicyclic) bond motifs is 8. The summed E-state index contributed by atoms with van der Waals surface area (Å²) in [6, 6.07) is 16.6. The van der Waals surface area contributed by atoms with E-state index >= 15 is 0 Å². The number of nitrogens with one attached hydrogen (secondary N) is 4. The Kier molecular flexibility index (Phi) is 5.82. The van der Waals surface area contributed by atoms with E-state index in [9.17, 15) is 9.90 Å². The van der Waals surface area contributed by atoms with E-state index in [0.717, 1.165) is 46.6 Å². The molecule has 1 aromatic carbocycles. The van der Waals surface area contributed by atoms with Gasteiger partial charge in [0, 0.05) is 34.3 Å². The zero-order chi connectivity index (χ0) is 25.2. The van der Waals surface area contributed by atoms with Gasteiger partial charge in [0.1, 0.15) is 0 Å². The van der Waals surface area contributed by atoms with Crippen molar-refractivity contribution in [1.82, 2.24) is 20.6 Å². The summed E-state index contributed by atoms with van der Waals surface area (Å²) in [7, 11) is 0. The summed E-state index contributed by atoms with van der Waals surface area (Å²) in [6.07, 6.45) is 15.8. The fourth-order valence-corrected chi connectivity index (χ4v) is 4.80. The van der Waals surface area contributed by atoms with Crippen molar-refractivity contribution >= 4 is 29.9 Å². The molecule has 0 aliphatic carbocycles. The molecule has 0 fully saturated rings. The van der Waals surface area contributed by atoms with E-state index < -0.39 is 11.5 Å². The number of aromatic amines is 2. The van der Waals surface area contributed by atoms with Crippen LogP contribution in [0.1, 0.15) is 22.5 Å². The first-order valence-corrected chi connectivity index (χ1v) is 12.3. The summed E-state index contributed by atoms with van der Waals surface area (Å²) in [5.41, 5.74) is 5.59. The largest absolute Gasteiger partial charge is 0.479 e. The Labute approximate surface area is 214 Å². The minimum absolute atomic E-state index is 0.606. The highest BCUT2D eigenvalue weighted by molar-refractivity contribution is 6.19. The molecular formula is C30H27N5O2. The van der Waals surface area contributed by atoms with Crippen LogP contribution < -0.4 is 21.3 Å². The Morgan fingerprint density at radius 2 is 1.65 bits per heavy atom. The van der Waals surface area contributed by atoms with Gasteiger partial charge < -0.3 is 25.7 Å². The first kappa shape index (κ1) is 22.8. The van der Waals surface area contributed by atoms with Crippen LogP contribution in [-0.4, -0.2) is 38.8 Å². The fourth-order valence-electron chi connectivity index (χ4n) is 4.80. The van der Waals surface area contributed by atoms with E-state index in [1.165, 1.54) is 17.5 Å². The van der Waals surface area contributed by atoms with Crippen LogP contribution in [0, 0.1) is 0 Å². The predicted octanol–water partition coefficient (Wildman–Crippen LogP) is 2.52. The lowest BCUT2D eigenvalue weighted by molar-refractivity contribution is -0.140. The summed E-state index contributed by atoms with van der Waals surface area (Å²) < 4.78 is 0. The van der Waals surface area contributed by atoms with Crippen LogP contribution in [0.15, 0.2) is 95.3 Å². The first-order chi connectivity index (χ1) is 18.0. The molecule has 5 N–H and O–H groups in total. The number of aliphatic imine (C=N–C) groups is 1. The van der Waals surface area contributed by atoms with Crippen LogP contribution in [0.4, 0.5) is 0 Å². The maximum absolute atomic E-state index is 12.0. The van der Waals surface area contributed by atoms with Crippen molar-refractivity contribution in [2.24, 2.45) is 4.99 Å². The lowest BCUT2D eigenvalue weighted by atomic mass is 10.00. The van der Waals surface area contributed by atoms with E-state index in [-0.39, 0.29) is 0 Å². The van der Waals surface area contributed by atoms with Crippen LogP contribution in [0.25, 0.3) is 18.2 Å². The summed E-state index contributed by atoms with van der Waals surface area (Å²) in [6.45, 7) is 2.19. The third kappa shape index (κ3) is 4.90. The van der Waals surface area contributed by atoms with Gasteiger partial charge in [0.15, 0.2) is 5.54 Å². The molecule has 37 heavy (non-hydrogen) atoms. The van der Waals surface area contributed by atoms with Crippen molar-refractivity contribution in [3.63, 3.8) is 0 Å².